The van der Waals surface area contributed by atoms with E-state index in [2.05, 4.69) is 17.4 Å². The highest BCUT2D eigenvalue weighted by Gasteiger charge is 2.42. The molecule has 3 aromatic rings. The Morgan fingerprint density at radius 2 is 1.89 bits per heavy atom. The standard InChI is InChI=1S/C29H36N4O3/c1-36-20-29(35)15-9-8-14-25(29)33-21-31-26(27(33)23-12-6-3-7-13-23)28(34)32-17-16-30-19-24(32)18-22-10-4-2-5-11-22/h2-7,10-13,21,24-25,30,35H,8-9,14-20H2,1H3/t24-,25+,29+/m1/s1. The molecule has 0 unspecified atom stereocenters. The predicted molar refractivity (Wildman–Crippen MR) is 140 cm³/mol. The fourth-order valence-corrected chi connectivity index (χ4v) is 5.89. The van der Waals surface area contributed by atoms with Crippen LogP contribution in [0.5, 0.6) is 0 Å². The lowest BCUT2D eigenvalue weighted by Gasteiger charge is -2.41. The van der Waals surface area contributed by atoms with E-state index in [1.54, 1.807) is 13.4 Å². The lowest BCUT2D eigenvalue weighted by Crippen LogP contribution is -2.54. The molecule has 0 radical (unpaired) electrons. The average molecular weight is 489 g/mol. The van der Waals surface area contributed by atoms with E-state index < -0.39 is 5.60 Å². The molecule has 7 heteroatoms. The fraction of sp³-hybridized carbons (Fsp3) is 0.448. The van der Waals surface area contributed by atoms with Gasteiger partial charge in [0.2, 0.25) is 0 Å². The van der Waals surface area contributed by atoms with Gasteiger partial charge in [-0.05, 0) is 24.8 Å². The predicted octanol–water partition coefficient (Wildman–Crippen LogP) is 3.70. The Balaban J connectivity index is 1.53. The second kappa shape index (κ2) is 10.9. The van der Waals surface area contributed by atoms with E-state index in [-0.39, 0.29) is 24.6 Å². The molecule has 1 aliphatic carbocycles. The van der Waals surface area contributed by atoms with Crippen molar-refractivity contribution in [1.29, 1.82) is 0 Å². The first-order valence-corrected chi connectivity index (χ1v) is 13.0. The van der Waals surface area contributed by atoms with Crippen LogP contribution in [0.25, 0.3) is 11.3 Å². The van der Waals surface area contributed by atoms with Gasteiger partial charge in [-0.1, -0.05) is 73.5 Å². The van der Waals surface area contributed by atoms with Crippen LogP contribution >= 0.6 is 0 Å². The lowest BCUT2D eigenvalue weighted by atomic mass is 9.80. The number of aromatic nitrogens is 2. The molecule has 2 aromatic carbocycles. The molecule has 5 rings (SSSR count). The molecule has 2 heterocycles. The third-order valence-electron chi connectivity index (χ3n) is 7.66. The number of methoxy groups -OCH3 is 1. The molecule has 1 saturated heterocycles. The van der Waals surface area contributed by atoms with E-state index in [0.29, 0.717) is 18.7 Å². The largest absolute Gasteiger partial charge is 0.385 e. The van der Waals surface area contributed by atoms with E-state index in [1.165, 1.54) is 5.56 Å². The van der Waals surface area contributed by atoms with Crippen molar-refractivity contribution in [3.8, 4) is 11.3 Å². The van der Waals surface area contributed by atoms with Gasteiger partial charge < -0.3 is 24.6 Å². The molecule has 7 nitrogen and oxygen atoms in total. The Morgan fingerprint density at radius 3 is 2.64 bits per heavy atom. The number of ether oxygens (including phenoxy) is 1. The van der Waals surface area contributed by atoms with Gasteiger partial charge in [0, 0.05) is 38.3 Å². The third kappa shape index (κ3) is 4.96. The van der Waals surface area contributed by atoms with Crippen molar-refractivity contribution in [1.82, 2.24) is 19.8 Å². The molecule has 1 amide bonds. The van der Waals surface area contributed by atoms with Crippen molar-refractivity contribution in [2.24, 2.45) is 0 Å². The van der Waals surface area contributed by atoms with Gasteiger partial charge in [0.1, 0.15) is 5.60 Å². The first-order chi connectivity index (χ1) is 17.6. The number of carbonyl (C=O) groups excluding carboxylic acids is 1. The van der Waals surface area contributed by atoms with Gasteiger partial charge in [0.15, 0.2) is 5.69 Å². The highest BCUT2D eigenvalue weighted by atomic mass is 16.5. The van der Waals surface area contributed by atoms with Crippen molar-refractivity contribution in [3.05, 3.63) is 78.2 Å². The highest BCUT2D eigenvalue weighted by Crippen LogP contribution is 2.41. The van der Waals surface area contributed by atoms with Gasteiger partial charge >= 0.3 is 0 Å². The zero-order valence-electron chi connectivity index (χ0n) is 21.0. The molecule has 0 bridgehead atoms. The van der Waals surface area contributed by atoms with Crippen LogP contribution in [0.3, 0.4) is 0 Å². The Labute approximate surface area is 213 Å². The first-order valence-electron chi connectivity index (χ1n) is 13.0. The van der Waals surface area contributed by atoms with Crippen LogP contribution in [-0.2, 0) is 11.2 Å². The van der Waals surface area contributed by atoms with Gasteiger partial charge in [0.25, 0.3) is 5.91 Å². The maximum Gasteiger partial charge on any atom is 0.275 e. The van der Waals surface area contributed by atoms with Crippen molar-refractivity contribution in [2.45, 2.75) is 49.8 Å². The monoisotopic (exact) mass is 488 g/mol. The van der Waals surface area contributed by atoms with Crippen LogP contribution in [0.15, 0.2) is 67.0 Å². The number of amides is 1. The molecule has 3 atom stereocenters. The van der Waals surface area contributed by atoms with Crippen LogP contribution in [-0.4, -0.2) is 70.5 Å². The summed E-state index contributed by atoms with van der Waals surface area (Å²) in [6, 6.07) is 20.1. The molecule has 0 spiro atoms. The second-order valence-corrected chi connectivity index (χ2v) is 10.1. The van der Waals surface area contributed by atoms with E-state index in [4.69, 9.17) is 9.72 Å². The summed E-state index contributed by atoms with van der Waals surface area (Å²) in [5.74, 6) is -0.0545. The minimum absolute atomic E-state index is 0.0440. The zero-order chi connectivity index (χ0) is 25.0. The quantitative estimate of drug-likeness (QED) is 0.530. The van der Waals surface area contributed by atoms with Gasteiger partial charge in [-0.3, -0.25) is 4.79 Å². The number of rotatable bonds is 7. The molecule has 2 fully saturated rings. The lowest BCUT2D eigenvalue weighted by molar-refractivity contribution is -0.0893. The first kappa shape index (κ1) is 24.7. The molecule has 2 aliphatic rings. The minimum atomic E-state index is -0.998. The fourth-order valence-electron chi connectivity index (χ4n) is 5.89. The Hall–Kier alpha value is -3.00. The van der Waals surface area contributed by atoms with Gasteiger partial charge in [-0.25, -0.2) is 4.98 Å². The Bertz CT molecular complexity index is 1150. The van der Waals surface area contributed by atoms with Crippen molar-refractivity contribution in [3.63, 3.8) is 0 Å². The number of hydrogen-bond acceptors (Lipinski definition) is 5. The summed E-state index contributed by atoms with van der Waals surface area (Å²) in [5, 5.41) is 15.0. The molecule has 1 aliphatic heterocycles. The SMILES string of the molecule is COC[C@@]1(O)CCCC[C@@H]1n1cnc(C(=O)N2CCNC[C@H]2Cc2ccccc2)c1-c1ccccc1. The average Bonchev–Trinajstić information content (AvgIpc) is 3.35. The van der Waals surface area contributed by atoms with Gasteiger partial charge in [0.05, 0.1) is 24.7 Å². The molecule has 1 saturated carbocycles. The van der Waals surface area contributed by atoms with Crippen LogP contribution < -0.4 is 5.32 Å². The summed E-state index contributed by atoms with van der Waals surface area (Å²) in [6.45, 7) is 2.39. The number of nitrogens with one attached hydrogen (secondary N) is 1. The Morgan fingerprint density at radius 1 is 1.14 bits per heavy atom. The van der Waals surface area contributed by atoms with Crippen molar-refractivity contribution in [2.75, 3.05) is 33.4 Å². The summed E-state index contributed by atoms with van der Waals surface area (Å²) in [6.07, 6.45) is 5.99. The number of benzene rings is 2. The summed E-state index contributed by atoms with van der Waals surface area (Å²) in [5.41, 5.74) is 2.37. The summed E-state index contributed by atoms with van der Waals surface area (Å²) in [4.78, 5) is 20.8. The smallest absolute Gasteiger partial charge is 0.275 e. The van der Waals surface area contributed by atoms with Crippen LogP contribution in [0.4, 0.5) is 0 Å². The number of nitrogens with zero attached hydrogens (tertiary/aromatic N) is 3. The highest BCUT2D eigenvalue weighted by molar-refractivity contribution is 5.98. The third-order valence-corrected chi connectivity index (χ3v) is 7.66. The van der Waals surface area contributed by atoms with Crippen LogP contribution in [0.1, 0.15) is 47.8 Å². The zero-order valence-corrected chi connectivity index (χ0v) is 21.0. The van der Waals surface area contributed by atoms with Crippen LogP contribution in [0.2, 0.25) is 0 Å². The molecular formula is C29H36N4O3. The maximum absolute atomic E-state index is 14.1. The topological polar surface area (TPSA) is 79.6 Å². The number of carbonyl (C=O) groups is 1. The van der Waals surface area contributed by atoms with Gasteiger partial charge in [-0.2, -0.15) is 0 Å². The van der Waals surface area contributed by atoms with Crippen molar-refractivity contribution < 1.29 is 14.6 Å². The normalized spacial score (nSPS) is 24.6. The minimum Gasteiger partial charge on any atom is -0.385 e. The van der Waals surface area contributed by atoms with Crippen molar-refractivity contribution >= 4 is 5.91 Å². The number of piperazine rings is 1. The molecule has 2 N–H and O–H groups in total. The Kier molecular flexibility index (Phi) is 7.51. The van der Waals surface area contributed by atoms with E-state index in [1.807, 2.05) is 58.0 Å². The summed E-state index contributed by atoms with van der Waals surface area (Å²) < 4.78 is 7.47. The van der Waals surface area contributed by atoms with Gasteiger partial charge in [-0.15, -0.1) is 0 Å². The van der Waals surface area contributed by atoms with E-state index in [0.717, 1.165) is 50.0 Å². The molecule has 36 heavy (non-hydrogen) atoms. The summed E-state index contributed by atoms with van der Waals surface area (Å²) >= 11 is 0. The summed E-state index contributed by atoms with van der Waals surface area (Å²) in [7, 11) is 1.63. The maximum atomic E-state index is 14.1. The van der Waals surface area contributed by atoms with E-state index >= 15 is 0 Å². The van der Waals surface area contributed by atoms with Crippen LogP contribution in [0, 0.1) is 0 Å². The number of imidazole rings is 1. The second-order valence-electron chi connectivity index (χ2n) is 10.1. The molecule has 1 aromatic heterocycles. The molecular weight excluding hydrogens is 452 g/mol. The number of aliphatic hydroxyl groups is 1. The molecule has 190 valence electrons. The number of hydrogen-bond donors (Lipinski definition) is 2. The van der Waals surface area contributed by atoms with E-state index in [9.17, 15) is 9.90 Å².